The molecule has 0 aliphatic heterocycles. The first-order valence-corrected chi connectivity index (χ1v) is 5.51. The van der Waals surface area contributed by atoms with E-state index < -0.39 is 0 Å². The first kappa shape index (κ1) is 8.77. The zero-order valence-electron chi connectivity index (χ0n) is 8.57. The van der Waals surface area contributed by atoms with Crippen LogP contribution in [0.15, 0.2) is 28.7 Å². The molecule has 1 aliphatic carbocycles. The van der Waals surface area contributed by atoms with E-state index in [4.69, 9.17) is 4.42 Å². The topological polar surface area (TPSA) is 38.1 Å². The van der Waals surface area contributed by atoms with Crippen LogP contribution in [0.3, 0.4) is 0 Å². The SMILES string of the molecule is c1ccc2oc(NCC3CCC3)nc2c1. The van der Waals surface area contributed by atoms with Gasteiger partial charge in [0.2, 0.25) is 0 Å². The van der Waals surface area contributed by atoms with Gasteiger partial charge in [-0.2, -0.15) is 4.98 Å². The molecule has 3 heteroatoms. The number of hydrogen-bond acceptors (Lipinski definition) is 3. The Hall–Kier alpha value is -1.51. The van der Waals surface area contributed by atoms with Crippen molar-refractivity contribution >= 4 is 17.1 Å². The first-order valence-electron chi connectivity index (χ1n) is 5.51. The first-order chi connectivity index (χ1) is 7.42. The lowest BCUT2D eigenvalue weighted by Crippen LogP contribution is -2.20. The zero-order valence-corrected chi connectivity index (χ0v) is 8.57. The van der Waals surface area contributed by atoms with Crippen LogP contribution in [0.4, 0.5) is 6.01 Å². The lowest BCUT2D eigenvalue weighted by molar-refractivity contribution is 0.331. The van der Waals surface area contributed by atoms with E-state index in [9.17, 15) is 0 Å². The molecule has 1 saturated carbocycles. The second-order valence-electron chi connectivity index (χ2n) is 4.16. The Kier molecular flexibility index (Phi) is 2.09. The van der Waals surface area contributed by atoms with Gasteiger partial charge >= 0.3 is 0 Å². The molecule has 0 bridgehead atoms. The van der Waals surface area contributed by atoms with Crippen molar-refractivity contribution in [2.75, 3.05) is 11.9 Å². The summed E-state index contributed by atoms with van der Waals surface area (Å²) < 4.78 is 5.56. The summed E-state index contributed by atoms with van der Waals surface area (Å²) in [6.07, 6.45) is 4.06. The smallest absolute Gasteiger partial charge is 0.295 e. The summed E-state index contributed by atoms with van der Waals surface area (Å²) in [5.74, 6) is 0.819. The molecule has 1 fully saturated rings. The van der Waals surface area contributed by atoms with Crippen molar-refractivity contribution in [1.82, 2.24) is 4.98 Å². The number of oxazole rings is 1. The van der Waals surface area contributed by atoms with Crippen LogP contribution < -0.4 is 5.32 Å². The molecule has 3 rings (SSSR count). The van der Waals surface area contributed by atoms with Gasteiger partial charge in [-0.1, -0.05) is 18.6 Å². The van der Waals surface area contributed by atoms with Crippen LogP contribution in [0.2, 0.25) is 0 Å². The van der Waals surface area contributed by atoms with Crippen molar-refractivity contribution in [1.29, 1.82) is 0 Å². The Labute approximate surface area is 88.5 Å². The summed E-state index contributed by atoms with van der Waals surface area (Å²) in [4.78, 5) is 4.37. The molecule has 0 saturated heterocycles. The summed E-state index contributed by atoms with van der Waals surface area (Å²) in [5.41, 5.74) is 1.78. The average molecular weight is 202 g/mol. The van der Waals surface area contributed by atoms with Crippen LogP contribution in [0.1, 0.15) is 19.3 Å². The highest BCUT2D eigenvalue weighted by atomic mass is 16.4. The number of para-hydroxylation sites is 2. The summed E-state index contributed by atoms with van der Waals surface area (Å²) in [6, 6.07) is 8.50. The molecule has 78 valence electrons. The number of rotatable bonds is 3. The van der Waals surface area contributed by atoms with Crippen LogP contribution in [-0.4, -0.2) is 11.5 Å². The molecule has 15 heavy (non-hydrogen) atoms. The fourth-order valence-corrected chi connectivity index (χ4v) is 1.88. The van der Waals surface area contributed by atoms with Crippen LogP contribution >= 0.6 is 0 Å². The van der Waals surface area contributed by atoms with Crippen molar-refractivity contribution in [2.24, 2.45) is 5.92 Å². The maximum atomic E-state index is 5.56. The summed E-state index contributed by atoms with van der Waals surface area (Å²) in [5, 5.41) is 3.26. The molecule has 2 aromatic rings. The highest BCUT2D eigenvalue weighted by Gasteiger charge is 2.17. The molecule has 1 aromatic carbocycles. The normalized spacial score (nSPS) is 16.5. The third-order valence-electron chi connectivity index (χ3n) is 3.06. The lowest BCUT2D eigenvalue weighted by atomic mass is 9.85. The summed E-state index contributed by atoms with van der Waals surface area (Å²) >= 11 is 0. The van der Waals surface area contributed by atoms with E-state index in [0.29, 0.717) is 6.01 Å². The van der Waals surface area contributed by atoms with E-state index in [2.05, 4.69) is 10.3 Å². The zero-order chi connectivity index (χ0) is 10.1. The van der Waals surface area contributed by atoms with Gasteiger partial charge in [-0.3, -0.25) is 0 Å². The monoisotopic (exact) mass is 202 g/mol. The molecule has 0 spiro atoms. The molecular formula is C12H14N2O. The molecule has 1 heterocycles. The van der Waals surface area contributed by atoms with Gasteiger partial charge in [0.05, 0.1) is 0 Å². The Morgan fingerprint density at radius 1 is 1.33 bits per heavy atom. The van der Waals surface area contributed by atoms with Crippen molar-refractivity contribution in [2.45, 2.75) is 19.3 Å². The Morgan fingerprint density at radius 3 is 2.93 bits per heavy atom. The Bertz CT molecular complexity index is 426. The average Bonchev–Trinajstić information content (AvgIpc) is 2.57. The molecule has 0 atom stereocenters. The van der Waals surface area contributed by atoms with E-state index in [1.807, 2.05) is 24.3 Å². The van der Waals surface area contributed by atoms with Crippen LogP contribution in [0.25, 0.3) is 11.1 Å². The number of nitrogens with zero attached hydrogens (tertiary/aromatic N) is 1. The van der Waals surface area contributed by atoms with Crippen molar-refractivity contribution < 1.29 is 4.42 Å². The molecule has 0 amide bonds. The predicted octanol–water partition coefficient (Wildman–Crippen LogP) is 3.04. The number of fused-ring (bicyclic) bond motifs is 1. The molecule has 0 radical (unpaired) electrons. The number of hydrogen-bond donors (Lipinski definition) is 1. The van der Waals surface area contributed by atoms with Gasteiger partial charge in [0, 0.05) is 6.54 Å². The quantitative estimate of drug-likeness (QED) is 0.831. The summed E-state index contributed by atoms with van der Waals surface area (Å²) in [6.45, 7) is 0.993. The largest absolute Gasteiger partial charge is 0.424 e. The van der Waals surface area contributed by atoms with Gasteiger partial charge in [-0.05, 0) is 30.9 Å². The van der Waals surface area contributed by atoms with Gasteiger partial charge in [-0.25, -0.2) is 0 Å². The van der Waals surface area contributed by atoms with E-state index in [1.165, 1.54) is 19.3 Å². The van der Waals surface area contributed by atoms with Crippen molar-refractivity contribution in [3.63, 3.8) is 0 Å². The van der Waals surface area contributed by atoms with Crippen LogP contribution in [-0.2, 0) is 0 Å². The van der Waals surface area contributed by atoms with Gasteiger partial charge in [0.25, 0.3) is 6.01 Å². The summed E-state index contributed by atoms with van der Waals surface area (Å²) in [7, 11) is 0. The predicted molar refractivity (Wildman–Crippen MR) is 59.8 cm³/mol. The van der Waals surface area contributed by atoms with E-state index >= 15 is 0 Å². The standard InChI is InChI=1S/C12H14N2O/c1-2-7-11-10(6-1)14-12(15-11)13-8-9-4-3-5-9/h1-2,6-7,9H,3-5,8H2,(H,13,14). The number of anilines is 1. The van der Waals surface area contributed by atoms with Crippen LogP contribution in [0.5, 0.6) is 0 Å². The molecule has 1 N–H and O–H groups in total. The Balaban J connectivity index is 1.73. The maximum Gasteiger partial charge on any atom is 0.295 e. The van der Waals surface area contributed by atoms with Gasteiger partial charge in [0.1, 0.15) is 5.52 Å². The fraction of sp³-hybridized carbons (Fsp3) is 0.417. The fourth-order valence-electron chi connectivity index (χ4n) is 1.88. The Morgan fingerprint density at radius 2 is 2.20 bits per heavy atom. The number of benzene rings is 1. The number of aromatic nitrogens is 1. The minimum absolute atomic E-state index is 0.656. The van der Waals surface area contributed by atoms with E-state index in [0.717, 1.165) is 23.6 Å². The minimum Gasteiger partial charge on any atom is -0.424 e. The molecule has 0 unspecified atom stereocenters. The van der Waals surface area contributed by atoms with Gasteiger partial charge in [-0.15, -0.1) is 0 Å². The maximum absolute atomic E-state index is 5.56. The van der Waals surface area contributed by atoms with Gasteiger partial charge < -0.3 is 9.73 Å². The van der Waals surface area contributed by atoms with Crippen LogP contribution in [0, 0.1) is 5.92 Å². The minimum atomic E-state index is 0.656. The second-order valence-corrected chi connectivity index (χ2v) is 4.16. The highest BCUT2D eigenvalue weighted by molar-refractivity contribution is 5.74. The molecular weight excluding hydrogens is 188 g/mol. The van der Waals surface area contributed by atoms with Crippen molar-refractivity contribution in [3.05, 3.63) is 24.3 Å². The second kappa shape index (κ2) is 3.57. The van der Waals surface area contributed by atoms with Crippen molar-refractivity contribution in [3.8, 4) is 0 Å². The van der Waals surface area contributed by atoms with E-state index in [1.54, 1.807) is 0 Å². The highest BCUT2D eigenvalue weighted by Crippen LogP contribution is 2.27. The third kappa shape index (κ3) is 1.69. The van der Waals surface area contributed by atoms with E-state index in [-0.39, 0.29) is 0 Å². The third-order valence-corrected chi connectivity index (χ3v) is 3.06. The molecule has 1 aromatic heterocycles. The lowest BCUT2D eigenvalue weighted by Gasteiger charge is -2.24. The molecule has 3 nitrogen and oxygen atoms in total. The molecule has 1 aliphatic rings. The number of nitrogens with one attached hydrogen (secondary N) is 1. The van der Waals surface area contributed by atoms with Gasteiger partial charge in [0.15, 0.2) is 5.58 Å².